The Hall–Kier alpha value is -2.52. The first-order valence-corrected chi connectivity index (χ1v) is 33.0. The summed E-state index contributed by atoms with van der Waals surface area (Å²) in [5.74, 6) is 0.185. The predicted octanol–water partition coefficient (Wildman–Crippen LogP) is 17.2. The lowest BCUT2D eigenvalue weighted by atomic mass is 9.91. The first kappa shape index (κ1) is 98.1. The summed E-state index contributed by atoms with van der Waals surface area (Å²) in [5.41, 5.74) is 1.66. The highest BCUT2D eigenvalue weighted by molar-refractivity contribution is 7.90. The number of methoxy groups -OCH3 is 2. The fraction of sp³-hybridized carbons (Fsp3) is 0.829. The van der Waals surface area contributed by atoms with Crippen LogP contribution in [0.25, 0.3) is 0 Å². The zero-order chi connectivity index (χ0) is 70.1. The van der Waals surface area contributed by atoms with Crippen LogP contribution in [0.3, 0.4) is 0 Å². The topological polar surface area (TPSA) is 166 Å². The van der Waals surface area contributed by atoms with Gasteiger partial charge in [0.15, 0.2) is 5.78 Å². The molecule has 0 aliphatic carbocycles. The predicted molar refractivity (Wildman–Crippen MR) is 365 cm³/mol. The number of aromatic nitrogens is 1. The van der Waals surface area contributed by atoms with E-state index in [1.54, 1.807) is 26.5 Å². The number of Topliss-reactive ketones (excluding diaryl/α,β-unsaturated/α-hetero) is 1. The molecule has 0 radical (unpaired) electrons. The van der Waals surface area contributed by atoms with Gasteiger partial charge in [-0.1, -0.05) is 39.0 Å². The van der Waals surface area contributed by atoms with Gasteiger partial charge < -0.3 is 52.1 Å². The molecule has 0 spiro atoms. The molecule has 0 unspecified atom stereocenters. The molecule has 1 aromatic carbocycles. The second-order valence-electron chi connectivity index (χ2n) is 29.3. The molecule has 0 saturated carbocycles. The third kappa shape index (κ3) is 118. The molecule has 87 heavy (non-hydrogen) atoms. The largest absolute Gasteiger partial charge is 0.382 e. The molecule has 2 rings (SSSR count). The SMILES string of the molecule is CC(=O)COC(C)(C)C.CC(C)(C)CCCS(C)(=O)=O.CC(C)(C)OCc1cccc(F)c1.CC(C)(C)OCc1ccccn1.CCOC(C)(C)C.CCOCCOC(C)(C)C.CCOCCOC(C)(C)C.COC(C)(C)C.COCCOC(C)(C)C. The number of rotatable bonds is 21. The molecule has 0 N–H and O–H groups in total. The maximum absolute atomic E-state index is 12.7. The van der Waals surface area contributed by atoms with Gasteiger partial charge in [0.05, 0.1) is 103 Å². The van der Waals surface area contributed by atoms with E-state index in [9.17, 15) is 17.6 Å². The summed E-state index contributed by atoms with van der Waals surface area (Å²) in [7, 11) is 0.634. The van der Waals surface area contributed by atoms with Gasteiger partial charge in [0.1, 0.15) is 22.3 Å². The van der Waals surface area contributed by atoms with Gasteiger partial charge in [-0.2, -0.15) is 0 Å². The van der Waals surface area contributed by atoms with Crippen LogP contribution < -0.4 is 0 Å². The first-order valence-electron chi connectivity index (χ1n) is 31.0. The Balaban J connectivity index is -0.000000167. The van der Waals surface area contributed by atoms with E-state index in [4.69, 9.17) is 52.1 Å². The zero-order valence-electron chi connectivity index (χ0n) is 62.7. The highest BCUT2D eigenvalue weighted by atomic mass is 32.2. The van der Waals surface area contributed by atoms with Crippen LogP contribution >= 0.6 is 0 Å². The van der Waals surface area contributed by atoms with Crippen LogP contribution in [-0.4, -0.2) is 156 Å². The first-order chi connectivity index (χ1) is 39.0. The van der Waals surface area contributed by atoms with E-state index in [1.165, 1.54) is 25.3 Å². The van der Waals surface area contributed by atoms with Gasteiger partial charge in [-0.3, -0.25) is 9.78 Å². The Morgan fingerprint density at radius 2 is 0.874 bits per heavy atom. The van der Waals surface area contributed by atoms with E-state index in [0.717, 1.165) is 43.9 Å². The molecule has 17 heteroatoms. The summed E-state index contributed by atoms with van der Waals surface area (Å²) in [6.45, 7) is 70.0. The van der Waals surface area contributed by atoms with Crippen molar-refractivity contribution >= 4 is 15.6 Å². The van der Waals surface area contributed by atoms with Gasteiger partial charge in [-0.05, 0) is 242 Å². The van der Waals surface area contributed by atoms with Crippen molar-refractivity contribution < 1.29 is 69.7 Å². The molecule has 0 bridgehead atoms. The standard InChI is InChI=1S/C11H15FO.C10H15NO.C8H18O2S.2C8H18O2.C7H16O2.C7H14O2.C6H14O.C5H12O/c1-11(2,3)13-8-9-5-4-6-10(12)7-9;1-10(2,3)12-8-9-6-4-5-7-11-9;1-8(2,3)6-5-7-11(4,9)10;2*1-5-9-6-7-10-8(2,3)4;1-7(2,3)9-6-5-8-4;1-6(8)5-9-7(2,3)4;1-5-7-6(2,3)4;1-5(2,3)6-4/h4-7H,8H2,1-3H3;4-7H,8H2,1-3H3;5-7H2,1-4H3;2*5-7H2,1-4H3;5-6H2,1-4H3;5H2,1-4H3;5H2,1-4H3;1-4H3. The Kier molecular flexibility index (Phi) is 58.6. The molecule has 2 aromatic rings. The summed E-state index contributed by atoms with van der Waals surface area (Å²) in [4.78, 5) is 14.5. The smallest absolute Gasteiger partial charge is 0.155 e. The lowest BCUT2D eigenvalue weighted by Gasteiger charge is -2.19. The van der Waals surface area contributed by atoms with Crippen molar-refractivity contribution in [2.75, 3.05) is 92.3 Å². The average Bonchev–Trinajstić information content (AvgIpc) is 3.33. The number of ketones is 1. The number of hydrogen-bond donors (Lipinski definition) is 0. The molecule has 1 heterocycles. The summed E-state index contributed by atoms with van der Waals surface area (Å²) >= 11 is 0. The molecule has 0 aliphatic rings. The van der Waals surface area contributed by atoms with Crippen molar-refractivity contribution in [2.24, 2.45) is 5.41 Å². The number of sulfone groups is 1. The fourth-order valence-corrected chi connectivity index (χ4v) is 5.52. The molecule has 0 aliphatic heterocycles. The molecule has 1 aromatic heterocycles. The normalized spacial score (nSPS) is 12.0. The highest BCUT2D eigenvalue weighted by Gasteiger charge is 2.15. The van der Waals surface area contributed by atoms with E-state index in [0.29, 0.717) is 58.6 Å². The molecule has 0 amide bonds. The number of carbonyl (C=O) groups is 1. The average molecular weight is 1270 g/mol. The fourth-order valence-electron chi connectivity index (χ4n) is 4.85. The maximum atomic E-state index is 12.7. The molecule has 0 fully saturated rings. The Morgan fingerprint density at radius 1 is 0.483 bits per heavy atom. The summed E-state index contributed by atoms with van der Waals surface area (Å²) in [6, 6.07) is 12.3. The lowest BCUT2D eigenvalue weighted by molar-refractivity contribution is -0.126. The zero-order valence-corrected chi connectivity index (χ0v) is 63.5. The molecular formula is C70H140FNO14S. The minimum atomic E-state index is -2.75. The van der Waals surface area contributed by atoms with Gasteiger partial charge in [-0.15, -0.1) is 0 Å². The summed E-state index contributed by atoms with van der Waals surface area (Å²) in [6.07, 6.45) is 4.82. The van der Waals surface area contributed by atoms with Crippen molar-refractivity contribution in [1.82, 2.24) is 4.98 Å². The van der Waals surface area contributed by atoms with Gasteiger partial charge in [-0.25, -0.2) is 12.8 Å². The van der Waals surface area contributed by atoms with Crippen LogP contribution in [-0.2, 0) is 80.0 Å². The van der Waals surface area contributed by atoms with Crippen LogP contribution in [0.4, 0.5) is 4.39 Å². The number of nitrogens with zero attached hydrogens (tertiary/aromatic N) is 1. The number of benzene rings is 1. The molecular weight excluding hydrogens is 1130 g/mol. The van der Waals surface area contributed by atoms with Crippen molar-refractivity contribution in [3.05, 3.63) is 65.7 Å². The monoisotopic (exact) mass is 1270 g/mol. The van der Waals surface area contributed by atoms with Crippen LogP contribution in [0.5, 0.6) is 0 Å². The van der Waals surface area contributed by atoms with E-state index < -0.39 is 9.84 Å². The van der Waals surface area contributed by atoms with Crippen molar-refractivity contribution in [3.8, 4) is 0 Å². The molecule has 15 nitrogen and oxygen atoms in total. The van der Waals surface area contributed by atoms with Crippen LogP contribution in [0.15, 0.2) is 48.7 Å². The molecule has 522 valence electrons. The van der Waals surface area contributed by atoms with Crippen LogP contribution in [0.1, 0.15) is 239 Å². The minimum absolute atomic E-state index is 0.0292. The Bertz CT molecular complexity index is 1920. The van der Waals surface area contributed by atoms with Crippen molar-refractivity contribution in [2.45, 2.75) is 285 Å². The van der Waals surface area contributed by atoms with Gasteiger partial charge in [0.25, 0.3) is 0 Å². The van der Waals surface area contributed by atoms with Gasteiger partial charge in [0, 0.05) is 52.2 Å². The molecule has 0 saturated heterocycles. The molecule has 0 atom stereocenters. The number of ether oxygens (including phenoxy) is 11. The van der Waals surface area contributed by atoms with E-state index in [2.05, 4.69) is 46.5 Å². The van der Waals surface area contributed by atoms with Crippen LogP contribution in [0, 0.1) is 11.2 Å². The van der Waals surface area contributed by atoms with Crippen molar-refractivity contribution in [3.63, 3.8) is 0 Å². The van der Waals surface area contributed by atoms with E-state index >= 15 is 0 Å². The Morgan fingerprint density at radius 3 is 1.14 bits per heavy atom. The number of halogens is 1. The summed E-state index contributed by atoms with van der Waals surface area (Å²) in [5, 5.41) is 0. The Labute approximate surface area is 536 Å². The summed E-state index contributed by atoms with van der Waals surface area (Å²) < 4.78 is 91.7. The highest BCUT2D eigenvalue weighted by Crippen LogP contribution is 2.21. The lowest BCUT2D eigenvalue weighted by Crippen LogP contribution is -2.22. The maximum Gasteiger partial charge on any atom is 0.155 e. The van der Waals surface area contributed by atoms with E-state index in [-0.39, 0.29) is 68.4 Å². The second-order valence-corrected chi connectivity index (χ2v) is 31.5. The van der Waals surface area contributed by atoms with E-state index in [1.807, 2.05) is 190 Å². The van der Waals surface area contributed by atoms with Crippen molar-refractivity contribution in [1.29, 1.82) is 0 Å². The quantitative estimate of drug-likeness (QED) is 0.108. The second kappa shape index (κ2) is 52.0. The minimum Gasteiger partial charge on any atom is -0.382 e. The van der Waals surface area contributed by atoms with Crippen LogP contribution in [0.2, 0.25) is 0 Å². The van der Waals surface area contributed by atoms with Gasteiger partial charge >= 0.3 is 0 Å². The third-order valence-corrected chi connectivity index (χ3v) is 10.1. The third-order valence-electron chi connectivity index (χ3n) is 9.04. The number of hydrogen-bond acceptors (Lipinski definition) is 15. The number of carbonyl (C=O) groups excluding carboxylic acids is 1. The van der Waals surface area contributed by atoms with Gasteiger partial charge in [0.2, 0.25) is 0 Å². The number of pyridine rings is 1.